The van der Waals surface area contributed by atoms with E-state index in [0.29, 0.717) is 12.0 Å². The van der Waals surface area contributed by atoms with Crippen LogP contribution in [0.15, 0.2) is 42.5 Å². The average Bonchev–Trinajstić information content (AvgIpc) is 2.88. The number of benzene rings is 2. The molecule has 0 spiro atoms. The van der Waals surface area contributed by atoms with Gasteiger partial charge in [-0.2, -0.15) is 0 Å². The largest absolute Gasteiger partial charge is 0.352 e. The summed E-state index contributed by atoms with van der Waals surface area (Å²) in [4.78, 5) is 39.6. The van der Waals surface area contributed by atoms with Gasteiger partial charge in [-0.15, -0.1) is 0 Å². The molecule has 1 atom stereocenters. The number of hydrogen-bond acceptors (Lipinski definition) is 6. The number of non-ortho nitro benzene ring substituents is 1. The molecule has 0 heterocycles. The number of nitro benzene ring substituents is 1. The SMILES string of the molecule is CC[C@@H](C(=O)NC1CCCCC1)N(Cc1ccccc1C)C(=O)CN(c1cc([N+](=O)[O-])ccc1C)S(C)(=O)=O. The van der Waals surface area contributed by atoms with Crippen molar-refractivity contribution < 1.29 is 22.9 Å². The van der Waals surface area contributed by atoms with Crippen molar-refractivity contribution in [2.45, 2.75) is 77.9 Å². The minimum absolute atomic E-state index is 0.0515. The van der Waals surface area contributed by atoms with E-state index in [0.717, 1.165) is 59.9 Å². The van der Waals surface area contributed by atoms with Crippen molar-refractivity contribution in [3.05, 3.63) is 69.3 Å². The third kappa shape index (κ3) is 7.78. The highest BCUT2D eigenvalue weighted by molar-refractivity contribution is 7.92. The molecular formula is C28H38N4O6S. The maximum absolute atomic E-state index is 13.9. The van der Waals surface area contributed by atoms with Crippen molar-refractivity contribution in [3.8, 4) is 0 Å². The van der Waals surface area contributed by atoms with Gasteiger partial charge >= 0.3 is 0 Å². The molecule has 1 aliphatic rings. The Balaban J connectivity index is 1.98. The fourth-order valence-electron chi connectivity index (χ4n) is 5.01. The molecule has 0 unspecified atom stereocenters. The lowest BCUT2D eigenvalue weighted by atomic mass is 9.95. The number of nitrogens with one attached hydrogen (secondary N) is 1. The van der Waals surface area contributed by atoms with Gasteiger partial charge < -0.3 is 10.2 Å². The molecular weight excluding hydrogens is 520 g/mol. The Hall–Kier alpha value is -3.47. The summed E-state index contributed by atoms with van der Waals surface area (Å²) in [6.45, 7) is 4.88. The van der Waals surface area contributed by atoms with E-state index in [-0.39, 0.29) is 29.9 Å². The van der Waals surface area contributed by atoms with Crippen molar-refractivity contribution in [3.63, 3.8) is 0 Å². The van der Waals surface area contributed by atoms with Gasteiger partial charge in [-0.1, -0.05) is 56.5 Å². The molecule has 0 saturated heterocycles. The number of hydrogen-bond donors (Lipinski definition) is 1. The van der Waals surface area contributed by atoms with E-state index in [1.54, 1.807) is 6.92 Å². The van der Waals surface area contributed by atoms with Crippen molar-refractivity contribution in [1.82, 2.24) is 10.2 Å². The molecule has 10 nitrogen and oxygen atoms in total. The molecule has 0 aromatic heterocycles. The third-order valence-electron chi connectivity index (χ3n) is 7.29. The van der Waals surface area contributed by atoms with Crippen LogP contribution in [0.1, 0.15) is 62.1 Å². The number of aryl methyl sites for hydroxylation is 2. The van der Waals surface area contributed by atoms with E-state index in [9.17, 15) is 28.1 Å². The Morgan fingerprint density at radius 2 is 1.74 bits per heavy atom. The summed E-state index contributed by atoms with van der Waals surface area (Å²) in [5.41, 5.74) is 2.01. The molecule has 0 radical (unpaired) electrons. The molecule has 1 fully saturated rings. The molecule has 2 amide bonds. The quantitative estimate of drug-likeness (QED) is 0.324. The summed E-state index contributed by atoms with van der Waals surface area (Å²) in [6.07, 6.45) is 6.30. The smallest absolute Gasteiger partial charge is 0.271 e. The zero-order valence-electron chi connectivity index (χ0n) is 23.1. The molecule has 1 saturated carbocycles. The Bertz CT molecular complexity index is 1310. The third-order valence-corrected chi connectivity index (χ3v) is 8.42. The van der Waals surface area contributed by atoms with Gasteiger partial charge in [0.2, 0.25) is 21.8 Å². The monoisotopic (exact) mass is 558 g/mol. The first-order chi connectivity index (χ1) is 18.4. The second kappa shape index (κ2) is 13.1. The van der Waals surface area contributed by atoms with Gasteiger partial charge in [0.05, 0.1) is 16.9 Å². The predicted octanol–water partition coefficient (Wildman–Crippen LogP) is 4.23. The van der Waals surface area contributed by atoms with Gasteiger partial charge in [0.1, 0.15) is 12.6 Å². The normalized spacial score (nSPS) is 14.9. The summed E-state index contributed by atoms with van der Waals surface area (Å²) in [6, 6.07) is 10.7. The number of anilines is 1. The van der Waals surface area contributed by atoms with Crippen molar-refractivity contribution in [2.24, 2.45) is 0 Å². The highest BCUT2D eigenvalue weighted by Gasteiger charge is 2.33. The van der Waals surface area contributed by atoms with Gasteiger partial charge in [0, 0.05) is 24.7 Å². The molecule has 1 N–H and O–H groups in total. The number of rotatable bonds is 11. The van der Waals surface area contributed by atoms with Crippen LogP contribution >= 0.6 is 0 Å². The van der Waals surface area contributed by atoms with E-state index < -0.39 is 33.4 Å². The Morgan fingerprint density at radius 3 is 2.33 bits per heavy atom. The highest BCUT2D eigenvalue weighted by atomic mass is 32.2. The number of nitrogens with zero attached hydrogens (tertiary/aromatic N) is 3. The number of carbonyl (C=O) groups is 2. The van der Waals surface area contributed by atoms with Crippen LogP contribution in [0.2, 0.25) is 0 Å². The summed E-state index contributed by atoms with van der Waals surface area (Å²) < 4.78 is 26.6. The van der Waals surface area contributed by atoms with Crippen LogP contribution in [0.5, 0.6) is 0 Å². The Kier molecular flexibility index (Phi) is 10.1. The van der Waals surface area contributed by atoms with Crippen LogP contribution in [-0.4, -0.2) is 54.9 Å². The summed E-state index contributed by atoms with van der Waals surface area (Å²) in [5, 5.41) is 14.5. The van der Waals surface area contributed by atoms with Gasteiger partial charge in [-0.25, -0.2) is 8.42 Å². The first-order valence-corrected chi connectivity index (χ1v) is 15.1. The van der Waals surface area contributed by atoms with E-state index in [2.05, 4.69) is 5.32 Å². The second-order valence-corrected chi connectivity index (χ2v) is 12.1. The number of amides is 2. The van der Waals surface area contributed by atoms with Crippen LogP contribution < -0.4 is 9.62 Å². The Labute approximate surface area is 230 Å². The van der Waals surface area contributed by atoms with Gasteiger partial charge in [0.15, 0.2) is 0 Å². The van der Waals surface area contributed by atoms with Crippen LogP contribution in [0.25, 0.3) is 0 Å². The molecule has 0 aliphatic heterocycles. The molecule has 1 aliphatic carbocycles. The van der Waals surface area contributed by atoms with Crippen LogP contribution in [-0.2, 0) is 26.2 Å². The standard InChI is InChI=1S/C28H38N4O6S/c1-5-25(28(34)29-23-13-7-6-8-14-23)30(18-22-12-10-9-11-20(22)2)27(33)19-31(39(4,37)38)26-17-24(32(35)36)16-15-21(26)3/h9-12,15-17,23,25H,5-8,13-14,18-19H2,1-4H3,(H,29,34)/t25-/m0/s1. The summed E-state index contributed by atoms with van der Waals surface area (Å²) in [7, 11) is -4.01. The zero-order valence-corrected chi connectivity index (χ0v) is 23.9. The number of carbonyl (C=O) groups excluding carboxylic acids is 2. The van der Waals surface area contributed by atoms with E-state index >= 15 is 0 Å². The molecule has 212 valence electrons. The van der Waals surface area contributed by atoms with Crippen molar-refractivity contribution in [2.75, 3.05) is 17.1 Å². The van der Waals surface area contributed by atoms with Crippen LogP contribution in [0.3, 0.4) is 0 Å². The molecule has 2 aromatic rings. The maximum atomic E-state index is 13.9. The maximum Gasteiger partial charge on any atom is 0.271 e. The zero-order chi connectivity index (χ0) is 28.7. The fourth-order valence-corrected chi connectivity index (χ4v) is 5.91. The number of sulfonamides is 1. The molecule has 3 rings (SSSR count). The lowest BCUT2D eigenvalue weighted by Gasteiger charge is -2.34. The predicted molar refractivity (Wildman–Crippen MR) is 151 cm³/mol. The first kappa shape index (κ1) is 30.1. The van der Waals surface area contributed by atoms with E-state index in [4.69, 9.17) is 0 Å². The topological polar surface area (TPSA) is 130 Å². The fraction of sp³-hybridized carbons (Fsp3) is 0.500. The van der Waals surface area contributed by atoms with Crippen molar-refractivity contribution in [1.29, 1.82) is 0 Å². The van der Waals surface area contributed by atoms with Gasteiger partial charge in [-0.05, 0) is 49.8 Å². The molecule has 0 bridgehead atoms. The first-order valence-electron chi connectivity index (χ1n) is 13.3. The lowest BCUT2D eigenvalue weighted by molar-refractivity contribution is -0.384. The van der Waals surface area contributed by atoms with Crippen LogP contribution in [0, 0.1) is 24.0 Å². The minimum Gasteiger partial charge on any atom is -0.352 e. The second-order valence-electron chi connectivity index (χ2n) is 10.2. The molecule has 2 aromatic carbocycles. The summed E-state index contributed by atoms with van der Waals surface area (Å²) in [5.74, 6) is -0.830. The average molecular weight is 559 g/mol. The lowest BCUT2D eigenvalue weighted by Crippen LogP contribution is -2.54. The Morgan fingerprint density at radius 1 is 1.08 bits per heavy atom. The summed E-state index contributed by atoms with van der Waals surface area (Å²) >= 11 is 0. The number of nitro groups is 1. The minimum atomic E-state index is -4.01. The van der Waals surface area contributed by atoms with Crippen LogP contribution in [0.4, 0.5) is 11.4 Å². The van der Waals surface area contributed by atoms with Gasteiger partial charge in [-0.3, -0.25) is 24.0 Å². The highest BCUT2D eigenvalue weighted by Crippen LogP contribution is 2.28. The van der Waals surface area contributed by atoms with E-state index in [1.165, 1.54) is 17.0 Å². The van der Waals surface area contributed by atoms with E-state index in [1.807, 2.05) is 38.1 Å². The molecule has 39 heavy (non-hydrogen) atoms. The van der Waals surface area contributed by atoms with Crippen molar-refractivity contribution >= 4 is 33.2 Å². The van der Waals surface area contributed by atoms with Gasteiger partial charge in [0.25, 0.3) is 5.69 Å². The molecule has 11 heteroatoms.